The quantitative estimate of drug-likeness (QED) is 0.293. The predicted octanol–water partition coefficient (Wildman–Crippen LogP) is 6.20. The lowest BCUT2D eigenvalue weighted by Gasteiger charge is -2.07. The first-order valence-corrected chi connectivity index (χ1v) is 10.0. The lowest BCUT2D eigenvalue weighted by Crippen LogP contribution is -1.93. The molecule has 0 fully saturated rings. The highest BCUT2D eigenvalue weighted by Gasteiger charge is 2.16. The molecule has 0 unspecified atom stereocenters. The molecule has 7 aromatic rings. The van der Waals surface area contributed by atoms with E-state index in [1.54, 1.807) is 0 Å². The monoisotopic (exact) mass is 382 g/mol. The molecule has 0 amide bonds. The zero-order valence-electron chi connectivity index (χ0n) is 15.9. The predicted molar refractivity (Wildman–Crippen MR) is 126 cm³/mol. The number of rotatable bonds is 0. The molecule has 0 N–H and O–H groups in total. The first kappa shape index (κ1) is 15.8. The second-order valence-corrected chi connectivity index (χ2v) is 8.02. The Morgan fingerprint density at radius 1 is 0.367 bits per heavy atom. The maximum Gasteiger partial charge on any atom is 0.194 e. The van der Waals surface area contributed by atoms with Crippen molar-refractivity contribution in [1.82, 2.24) is 0 Å². The fourth-order valence-corrected chi connectivity index (χ4v) is 5.19. The van der Waals surface area contributed by atoms with Gasteiger partial charge in [-0.2, -0.15) is 0 Å². The van der Waals surface area contributed by atoms with Crippen molar-refractivity contribution in [3.63, 3.8) is 0 Å². The Morgan fingerprint density at radius 3 is 1.27 bits per heavy atom. The van der Waals surface area contributed by atoms with Gasteiger partial charge >= 0.3 is 0 Å². The van der Waals surface area contributed by atoms with Gasteiger partial charge in [-0.25, -0.2) is 0 Å². The van der Waals surface area contributed by atoms with E-state index in [4.69, 9.17) is 0 Å². The van der Waals surface area contributed by atoms with Crippen LogP contribution in [0.25, 0.3) is 64.6 Å². The molecule has 0 aromatic heterocycles. The molecule has 0 aliphatic heterocycles. The lowest BCUT2D eigenvalue weighted by molar-refractivity contribution is 1.80. The van der Waals surface area contributed by atoms with Gasteiger partial charge in [0.25, 0.3) is 0 Å². The highest BCUT2D eigenvalue weighted by Crippen LogP contribution is 2.37. The van der Waals surface area contributed by atoms with Gasteiger partial charge in [-0.3, -0.25) is 9.59 Å². The summed E-state index contributed by atoms with van der Waals surface area (Å²) in [7, 11) is 0. The van der Waals surface area contributed by atoms with E-state index in [2.05, 4.69) is 12.1 Å². The van der Waals surface area contributed by atoms with Gasteiger partial charge in [0.1, 0.15) is 0 Å². The Bertz CT molecular complexity index is 1790. The van der Waals surface area contributed by atoms with Crippen LogP contribution < -0.4 is 10.9 Å². The maximum atomic E-state index is 12.9. The second kappa shape index (κ2) is 5.31. The summed E-state index contributed by atoms with van der Waals surface area (Å²) >= 11 is 0. The summed E-state index contributed by atoms with van der Waals surface area (Å²) in [5.74, 6) is 0. The number of benzene rings is 5. The SMILES string of the molecule is O=c1c2ccccc2c2c1ccc1cc3ccc4c(=O)c5ccccc5c4c3cc12. The van der Waals surface area contributed by atoms with Gasteiger partial charge in [0, 0.05) is 32.3 Å². The molecular formula is C28H14O2. The lowest BCUT2D eigenvalue weighted by atomic mass is 9.96. The van der Waals surface area contributed by atoms with Gasteiger partial charge in [0.05, 0.1) is 0 Å². The average molecular weight is 382 g/mol. The molecule has 138 valence electrons. The van der Waals surface area contributed by atoms with E-state index in [0.29, 0.717) is 0 Å². The van der Waals surface area contributed by atoms with Gasteiger partial charge in [0.2, 0.25) is 0 Å². The van der Waals surface area contributed by atoms with Crippen LogP contribution in [-0.4, -0.2) is 0 Å². The third-order valence-corrected chi connectivity index (χ3v) is 6.53. The molecule has 2 nitrogen and oxygen atoms in total. The van der Waals surface area contributed by atoms with Crippen molar-refractivity contribution >= 4 is 64.6 Å². The number of hydrogen-bond acceptors (Lipinski definition) is 2. The van der Waals surface area contributed by atoms with Crippen LogP contribution in [0, 0.1) is 0 Å². The smallest absolute Gasteiger partial charge is 0.194 e. The molecule has 30 heavy (non-hydrogen) atoms. The summed E-state index contributed by atoms with van der Waals surface area (Å²) in [5.41, 5.74) is 0.169. The van der Waals surface area contributed by atoms with Crippen molar-refractivity contribution in [2.45, 2.75) is 0 Å². The van der Waals surface area contributed by atoms with Crippen LogP contribution in [0.4, 0.5) is 0 Å². The fourth-order valence-electron chi connectivity index (χ4n) is 5.19. The Morgan fingerprint density at radius 2 is 0.800 bits per heavy atom. The molecular weight excluding hydrogens is 368 g/mol. The van der Waals surface area contributed by atoms with Crippen LogP contribution in [0.3, 0.4) is 0 Å². The van der Waals surface area contributed by atoms with Crippen molar-refractivity contribution in [2.24, 2.45) is 0 Å². The Kier molecular flexibility index (Phi) is 2.80. The van der Waals surface area contributed by atoms with Gasteiger partial charge < -0.3 is 0 Å². The minimum Gasteiger partial charge on any atom is -0.289 e. The maximum absolute atomic E-state index is 12.9. The van der Waals surface area contributed by atoms with Gasteiger partial charge in [-0.05, 0) is 56.6 Å². The van der Waals surface area contributed by atoms with Crippen LogP contribution in [0.5, 0.6) is 0 Å². The third kappa shape index (κ3) is 1.79. The van der Waals surface area contributed by atoms with Gasteiger partial charge in [0.15, 0.2) is 10.9 Å². The highest BCUT2D eigenvalue weighted by atomic mass is 16.1. The van der Waals surface area contributed by atoms with Crippen molar-refractivity contribution in [2.75, 3.05) is 0 Å². The molecule has 0 bridgehead atoms. The zero-order chi connectivity index (χ0) is 20.0. The molecule has 0 aliphatic carbocycles. The molecule has 0 saturated carbocycles. The van der Waals surface area contributed by atoms with Gasteiger partial charge in [-0.1, -0.05) is 60.7 Å². The third-order valence-electron chi connectivity index (χ3n) is 6.53. The van der Waals surface area contributed by atoms with Crippen molar-refractivity contribution in [3.8, 4) is 0 Å². The van der Waals surface area contributed by atoms with E-state index in [1.807, 2.05) is 72.8 Å². The molecule has 0 saturated heterocycles. The minimum absolute atomic E-state index is 0.0846. The molecule has 2 heteroatoms. The largest absolute Gasteiger partial charge is 0.289 e. The highest BCUT2D eigenvalue weighted by molar-refractivity contribution is 6.28. The fraction of sp³-hybridized carbons (Fsp3) is 0. The van der Waals surface area contributed by atoms with E-state index >= 15 is 0 Å². The topological polar surface area (TPSA) is 34.1 Å². The molecule has 0 radical (unpaired) electrons. The number of fused-ring (bicyclic) bond motifs is 10. The summed E-state index contributed by atoms with van der Waals surface area (Å²) in [4.78, 5) is 25.9. The van der Waals surface area contributed by atoms with Crippen LogP contribution in [0.2, 0.25) is 0 Å². The normalized spacial score (nSPS) is 12.3. The van der Waals surface area contributed by atoms with Crippen LogP contribution in [0.15, 0.2) is 94.5 Å². The first-order valence-electron chi connectivity index (χ1n) is 10.0. The van der Waals surface area contributed by atoms with Crippen molar-refractivity contribution in [3.05, 3.63) is 105 Å². The van der Waals surface area contributed by atoms with Crippen LogP contribution in [-0.2, 0) is 0 Å². The Labute approximate surface area is 170 Å². The van der Waals surface area contributed by atoms with Gasteiger partial charge in [-0.15, -0.1) is 0 Å². The van der Waals surface area contributed by atoms with Crippen LogP contribution in [0.1, 0.15) is 0 Å². The van der Waals surface area contributed by atoms with E-state index in [0.717, 1.165) is 64.6 Å². The first-order chi connectivity index (χ1) is 14.7. The summed E-state index contributed by atoms with van der Waals surface area (Å²) < 4.78 is 0. The van der Waals surface area contributed by atoms with E-state index < -0.39 is 0 Å². The standard InChI is InChI=1S/C28H14O2/c29-27-19-7-3-1-5-17(19)25-21(27)11-9-15-13-16-10-12-22-26(24(16)14-23(15)25)18-6-2-4-8-20(18)28(22)30/h1-14H. The summed E-state index contributed by atoms with van der Waals surface area (Å²) in [6, 6.07) is 27.9. The summed E-state index contributed by atoms with van der Waals surface area (Å²) in [6.07, 6.45) is 0. The van der Waals surface area contributed by atoms with Crippen LogP contribution >= 0.6 is 0 Å². The van der Waals surface area contributed by atoms with E-state index in [9.17, 15) is 9.59 Å². The molecule has 0 aliphatic rings. The summed E-state index contributed by atoms with van der Waals surface area (Å²) in [5, 5.41) is 11.4. The number of hydrogen-bond donors (Lipinski definition) is 0. The molecule has 7 aromatic carbocycles. The van der Waals surface area contributed by atoms with Crippen molar-refractivity contribution < 1.29 is 0 Å². The Balaban J connectivity index is 1.80. The zero-order valence-corrected chi connectivity index (χ0v) is 15.9. The minimum atomic E-state index is 0.0846. The molecule has 0 heterocycles. The molecule has 0 atom stereocenters. The summed E-state index contributed by atoms with van der Waals surface area (Å²) in [6.45, 7) is 0. The Hall–Kier alpha value is -4.04. The second-order valence-electron chi connectivity index (χ2n) is 8.02. The van der Waals surface area contributed by atoms with Crippen molar-refractivity contribution in [1.29, 1.82) is 0 Å². The average Bonchev–Trinajstić information content (AvgIpc) is 3.25. The molecule has 7 rings (SSSR count). The van der Waals surface area contributed by atoms with E-state index in [-0.39, 0.29) is 10.9 Å². The molecule has 0 spiro atoms. The van der Waals surface area contributed by atoms with E-state index in [1.165, 1.54) is 0 Å².